The predicted octanol–water partition coefficient (Wildman–Crippen LogP) is 6.23. The second kappa shape index (κ2) is 8.64. The van der Waals surface area contributed by atoms with Gasteiger partial charge < -0.3 is 20.1 Å². The van der Waals surface area contributed by atoms with Crippen LogP contribution in [0.3, 0.4) is 0 Å². The Morgan fingerprint density at radius 3 is 1.87 bits per heavy atom. The van der Waals surface area contributed by atoms with Crippen LogP contribution in [-0.4, -0.2) is 15.3 Å². The molecule has 1 aliphatic heterocycles. The van der Waals surface area contributed by atoms with Crippen LogP contribution in [0.2, 0.25) is 0 Å². The van der Waals surface area contributed by atoms with Crippen molar-refractivity contribution in [2.24, 2.45) is 11.8 Å². The number of hydrogen-bond acceptors (Lipinski definition) is 4. The summed E-state index contributed by atoms with van der Waals surface area (Å²) in [6.07, 6.45) is 0.673. The molecule has 0 radical (unpaired) electrons. The standard InChI is InChI=1S/C27H30O4/c1-16(14-19-4-9-22(28)10-5-19)24-15-21(8-13-25(24)30)27-18(3)17(2)26(31-27)20-6-11-23(29)12-7-20/h4-13,15-18,26-30H,14H2,1-3H3/t16-,17+,18-,26+,27-/m1/s1. The number of benzene rings is 3. The van der Waals surface area contributed by atoms with Crippen LogP contribution < -0.4 is 0 Å². The van der Waals surface area contributed by atoms with E-state index in [-0.39, 0.29) is 29.6 Å². The maximum atomic E-state index is 10.5. The number of aromatic hydroxyl groups is 3. The molecule has 0 amide bonds. The summed E-state index contributed by atoms with van der Waals surface area (Å²) >= 11 is 0. The quantitative estimate of drug-likeness (QED) is 0.459. The molecule has 4 nitrogen and oxygen atoms in total. The topological polar surface area (TPSA) is 69.9 Å². The maximum absolute atomic E-state index is 10.5. The minimum absolute atomic E-state index is 0.0349. The lowest BCUT2D eigenvalue weighted by Crippen LogP contribution is -2.10. The van der Waals surface area contributed by atoms with Gasteiger partial charge in [-0.25, -0.2) is 0 Å². The van der Waals surface area contributed by atoms with Gasteiger partial charge in [-0.3, -0.25) is 0 Å². The van der Waals surface area contributed by atoms with E-state index in [2.05, 4.69) is 26.8 Å². The smallest absolute Gasteiger partial charge is 0.119 e. The number of hydrogen-bond donors (Lipinski definition) is 3. The fraction of sp³-hybridized carbons (Fsp3) is 0.333. The first-order chi connectivity index (χ1) is 14.8. The Balaban J connectivity index is 1.57. The molecule has 1 aliphatic rings. The molecule has 1 fully saturated rings. The molecule has 0 aromatic heterocycles. The van der Waals surface area contributed by atoms with Crippen molar-refractivity contribution in [3.8, 4) is 17.2 Å². The van der Waals surface area contributed by atoms with Crippen molar-refractivity contribution in [2.45, 2.75) is 45.3 Å². The highest BCUT2D eigenvalue weighted by molar-refractivity contribution is 5.41. The zero-order valence-electron chi connectivity index (χ0n) is 18.2. The Kier molecular flexibility index (Phi) is 5.92. The molecule has 0 aliphatic carbocycles. The van der Waals surface area contributed by atoms with Gasteiger partial charge in [0.2, 0.25) is 0 Å². The number of phenolic OH excluding ortho intramolecular Hbond substituents is 3. The summed E-state index contributed by atoms with van der Waals surface area (Å²) in [5.74, 6) is 1.55. The van der Waals surface area contributed by atoms with E-state index in [1.807, 2.05) is 30.3 Å². The molecule has 1 saturated heterocycles. The van der Waals surface area contributed by atoms with Gasteiger partial charge in [-0.1, -0.05) is 51.1 Å². The molecule has 31 heavy (non-hydrogen) atoms. The first-order valence-electron chi connectivity index (χ1n) is 10.9. The summed E-state index contributed by atoms with van der Waals surface area (Å²) in [5, 5.41) is 29.6. The van der Waals surface area contributed by atoms with E-state index in [0.717, 1.165) is 28.7 Å². The van der Waals surface area contributed by atoms with Gasteiger partial charge in [-0.15, -0.1) is 0 Å². The highest BCUT2D eigenvalue weighted by atomic mass is 16.5. The minimum Gasteiger partial charge on any atom is -0.508 e. The van der Waals surface area contributed by atoms with Crippen LogP contribution in [0.15, 0.2) is 66.7 Å². The fourth-order valence-electron chi connectivity index (χ4n) is 4.63. The highest BCUT2D eigenvalue weighted by Gasteiger charge is 2.40. The second-order valence-corrected chi connectivity index (χ2v) is 8.88. The van der Waals surface area contributed by atoms with Crippen molar-refractivity contribution in [2.75, 3.05) is 0 Å². The van der Waals surface area contributed by atoms with Crippen molar-refractivity contribution in [1.29, 1.82) is 0 Å². The molecular weight excluding hydrogens is 388 g/mol. The lowest BCUT2D eigenvalue weighted by molar-refractivity contribution is 0.0289. The van der Waals surface area contributed by atoms with Gasteiger partial charge in [0.1, 0.15) is 17.2 Å². The maximum Gasteiger partial charge on any atom is 0.119 e. The SMILES string of the molecule is C[C@@H]1[C@H](C)[C@@H](c2ccc(O)cc2)O[C@H]1c1ccc(O)c([C@H](C)Cc2ccc(O)cc2)c1. The van der Waals surface area contributed by atoms with Crippen LogP contribution in [0.1, 0.15) is 61.2 Å². The lowest BCUT2D eigenvalue weighted by Gasteiger charge is -2.20. The molecule has 3 N–H and O–H groups in total. The zero-order chi connectivity index (χ0) is 22.1. The van der Waals surface area contributed by atoms with Crippen molar-refractivity contribution < 1.29 is 20.1 Å². The van der Waals surface area contributed by atoms with E-state index < -0.39 is 0 Å². The number of phenols is 3. The van der Waals surface area contributed by atoms with E-state index in [0.29, 0.717) is 17.6 Å². The van der Waals surface area contributed by atoms with Gasteiger partial charge in [0, 0.05) is 0 Å². The van der Waals surface area contributed by atoms with Crippen LogP contribution in [0, 0.1) is 11.8 Å². The molecule has 0 unspecified atom stereocenters. The average molecular weight is 419 g/mol. The van der Waals surface area contributed by atoms with Crippen LogP contribution in [-0.2, 0) is 11.2 Å². The normalized spacial score (nSPS) is 24.2. The summed E-state index contributed by atoms with van der Waals surface area (Å²) in [7, 11) is 0. The summed E-state index contributed by atoms with van der Waals surface area (Å²) < 4.78 is 6.51. The van der Waals surface area contributed by atoms with E-state index in [1.165, 1.54) is 0 Å². The average Bonchev–Trinajstić information content (AvgIpc) is 3.05. The van der Waals surface area contributed by atoms with Crippen molar-refractivity contribution in [1.82, 2.24) is 0 Å². The molecule has 0 spiro atoms. The zero-order valence-corrected chi connectivity index (χ0v) is 18.2. The van der Waals surface area contributed by atoms with E-state index in [9.17, 15) is 15.3 Å². The highest BCUT2D eigenvalue weighted by Crippen LogP contribution is 2.49. The number of ether oxygens (including phenoxy) is 1. The third-order valence-electron chi connectivity index (χ3n) is 6.69. The molecule has 3 aromatic carbocycles. The van der Waals surface area contributed by atoms with Gasteiger partial charge in [-0.2, -0.15) is 0 Å². The Labute approximate surface area is 183 Å². The Morgan fingerprint density at radius 1 is 0.742 bits per heavy atom. The largest absolute Gasteiger partial charge is 0.508 e. The van der Waals surface area contributed by atoms with Gasteiger partial charge in [-0.05, 0) is 82.8 Å². The Bertz CT molecular complexity index is 1030. The molecule has 0 bridgehead atoms. The third kappa shape index (κ3) is 4.40. The fourth-order valence-corrected chi connectivity index (χ4v) is 4.63. The minimum atomic E-state index is -0.0611. The molecule has 1 heterocycles. The monoisotopic (exact) mass is 418 g/mol. The molecule has 4 heteroatoms. The summed E-state index contributed by atoms with van der Waals surface area (Å²) in [6, 6.07) is 20.3. The van der Waals surface area contributed by atoms with Crippen LogP contribution in [0.4, 0.5) is 0 Å². The Hall–Kier alpha value is -2.98. The van der Waals surface area contributed by atoms with E-state index in [4.69, 9.17) is 4.74 Å². The van der Waals surface area contributed by atoms with Crippen LogP contribution in [0.25, 0.3) is 0 Å². The van der Waals surface area contributed by atoms with E-state index in [1.54, 1.807) is 30.3 Å². The van der Waals surface area contributed by atoms with Crippen LogP contribution in [0.5, 0.6) is 17.2 Å². The van der Waals surface area contributed by atoms with Crippen molar-refractivity contribution >= 4 is 0 Å². The third-order valence-corrected chi connectivity index (χ3v) is 6.69. The van der Waals surface area contributed by atoms with E-state index >= 15 is 0 Å². The molecule has 162 valence electrons. The second-order valence-electron chi connectivity index (χ2n) is 8.88. The first-order valence-corrected chi connectivity index (χ1v) is 10.9. The number of rotatable bonds is 5. The molecule has 0 saturated carbocycles. The predicted molar refractivity (Wildman–Crippen MR) is 121 cm³/mol. The molecule has 3 aromatic rings. The first kappa shape index (κ1) is 21.3. The van der Waals surface area contributed by atoms with Gasteiger partial charge in [0.25, 0.3) is 0 Å². The summed E-state index contributed by atoms with van der Waals surface area (Å²) in [6.45, 7) is 6.52. The van der Waals surface area contributed by atoms with Gasteiger partial charge in [0.15, 0.2) is 0 Å². The van der Waals surface area contributed by atoms with Gasteiger partial charge in [0.05, 0.1) is 12.2 Å². The molecule has 5 atom stereocenters. The molecule has 4 rings (SSSR count). The summed E-state index contributed by atoms with van der Waals surface area (Å²) in [4.78, 5) is 0. The van der Waals surface area contributed by atoms with Crippen LogP contribution >= 0.6 is 0 Å². The van der Waals surface area contributed by atoms with Crippen molar-refractivity contribution in [3.05, 3.63) is 89.0 Å². The van der Waals surface area contributed by atoms with Crippen molar-refractivity contribution in [3.63, 3.8) is 0 Å². The lowest BCUT2D eigenvalue weighted by atomic mass is 9.84. The Morgan fingerprint density at radius 2 is 1.26 bits per heavy atom. The summed E-state index contributed by atoms with van der Waals surface area (Å²) in [5.41, 5.74) is 4.16. The van der Waals surface area contributed by atoms with Gasteiger partial charge >= 0.3 is 0 Å². The molecular formula is C27H30O4.